The largest absolute Gasteiger partial charge is 0.444 e. The second-order valence-electron chi connectivity index (χ2n) is 9.65. The highest BCUT2D eigenvalue weighted by Gasteiger charge is 2.34. The van der Waals surface area contributed by atoms with Crippen LogP contribution in [0.2, 0.25) is 0 Å². The minimum atomic E-state index is -1.09. The van der Waals surface area contributed by atoms with Crippen LogP contribution < -0.4 is 16.4 Å². The third kappa shape index (κ3) is 10.8. The zero-order valence-electron chi connectivity index (χ0n) is 22.0. The van der Waals surface area contributed by atoms with Crippen LogP contribution in [-0.2, 0) is 25.5 Å². The average molecular weight is 491 g/mol. The van der Waals surface area contributed by atoms with E-state index in [4.69, 9.17) is 10.5 Å². The van der Waals surface area contributed by atoms with Gasteiger partial charge in [-0.1, -0.05) is 51.0 Å². The van der Waals surface area contributed by atoms with Crippen molar-refractivity contribution >= 4 is 23.8 Å². The van der Waals surface area contributed by atoms with Crippen molar-refractivity contribution < 1.29 is 23.9 Å². The van der Waals surface area contributed by atoms with Gasteiger partial charge in [-0.05, 0) is 51.2 Å². The quantitative estimate of drug-likeness (QED) is 0.366. The Hall–Kier alpha value is -3.10. The number of nitrogens with two attached hydrogens (primary N) is 1. The number of benzene rings is 1. The number of carbonyl (C=O) groups excluding carboxylic acids is 4. The Morgan fingerprint density at radius 1 is 1.06 bits per heavy atom. The molecular weight excluding hydrogens is 448 g/mol. The van der Waals surface area contributed by atoms with Gasteiger partial charge in [-0.3, -0.25) is 14.4 Å². The Morgan fingerprint density at radius 3 is 2.20 bits per heavy atom. The molecule has 0 saturated carbocycles. The van der Waals surface area contributed by atoms with Crippen LogP contribution in [0.15, 0.2) is 24.3 Å². The van der Waals surface area contributed by atoms with E-state index >= 15 is 0 Å². The summed E-state index contributed by atoms with van der Waals surface area (Å²) in [5.41, 5.74) is 6.27. The minimum absolute atomic E-state index is 0.0165. The van der Waals surface area contributed by atoms with Crippen LogP contribution in [0.25, 0.3) is 0 Å². The predicted octanol–water partition coefficient (Wildman–Crippen LogP) is 3.21. The number of unbranched alkanes of at least 4 members (excludes halogenated alkanes) is 2. The molecule has 0 heterocycles. The van der Waals surface area contributed by atoms with Gasteiger partial charge >= 0.3 is 6.09 Å². The van der Waals surface area contributed by atoms with Crippen LogP contribution in [-0.4, -0.2) is 54.0 Å². The van der Waals surface area contributed by atoms with E-state index in [0.717, 1.165) is 31.2 Å². The first kappa shape index (κ1) is 29.9. The number of hydrogen-bond donors (Lipinski definition) is 3. The molecule has 0 saturated heterocycles. The van der Waals surface area contributed by atoms with Gasteiger partial charge in [0.2, 0.25) is 17.7 Å². The SMILES string of the molecule is CCCCCNC(=O)C(c1ccc(CC)cc1)N(C)C(=O)C(CCC(N)=O)NC(=O)OC(C)(C)C. The van der Waals surface area contributed by atoms with Crippen molar-refractivity contribution in [3.05, 3.63) is 35.4 Å². The molecule has 1 aromatic carbocycles. The molecule has 0 spiro atoms. The van der Waals surface area contributed by atoms with E-state index in [1.165, 1.54) is 11.9 Å². The van der Waals surface area contributed by atoms with Crippen LogP contribution in [0, 0.1) is 0 Å². The van der Waals surface area contributed by atoms with E-state index in [2.05, 4.69) is 17.6 Å². The summed E-state index contributed by atoms with van der Waals surface area (Å²) in [7, 11) is 1.51. The van der Waals surface area contributed by atoms with Crippen LogP contribution in [0.3, 0.4) is 0 Å². The highest BCUT2D eigenvalue weighted by Crippen LogP contribution is 2.23. The maximum atomic E-state index is 13.5. The number of carbonyl (C=O) groups is 4. The number of amides is 4. The van der Waals surface area contributed by atoms with E-state index in [0.29, 0.717) is 12.1 Å². The van der Waals surface area contributed by atoms with E-state index < -0.39 is 35.6 Å². The molecule has 2 atom stereocenters. The molecule has 1 aromatic rings. The molecule has 9 nitrogen and oxygen atoms in total. The lowest BCUT2D eigenvalue weighted by molar-refractivity contribution is -0.141. The molecule has 35 heavy (non-hydrogen) atoms. The molecule has 0 aliphatic rings. The molecule has 2 unspecified atom stereocenters. The Bertz CT molecular complexity index is 848. The fourth-order valence-corrected chi connectivity index (χ4v) is 3.54. The summed E-state index contributed by atoms with van der Waals surface area (Å²) in [6.45, 7) is 9.73. The van der Waals surface area contributed by atoms with E-state index in [-0.39, 0.29) is 18.7 Å². The lowest BCUT2D eigenvalue weighted by atomic mass is 10.0. The summed E-state index contributed by atoms with van der Waals surface area (Å²) in [5, 5.41) is 5.46. The summed E-state index contributed by atoms with van der Waals surface area (Å²) in [6, 6.07) is 5.51. The number of nitrogens with one attached hydrogen (secondary N) is 2. The van der Waals surface area contributed by atoms with E-state index in [1.54, 1.807) is 20.8 Å². The molecule has 0 aliphatic carbocycles. The normalized spacial score (nSPS) is 12.9. The zero-order valence-corrected chi connectivity index (χ0v) is 22.0. The van der Waals surface area contributed by atoms with E-state index in [1.807, 2.05) is 31.2 Å². The van der Waals surface area contributed by atoms with Gasteiger partial charge in [-0.2, -0.15) is 0 Å². The van der Waals surface area contributed by atoms with Gasteiger partial charge in [0.1, 0.15) is 17.7 Å². The number of rotatable bonds is 13. The smallest absolute Gasteiger partial charge is 0.408 e. The standard InChI is InChI=1S/C26H42N4O5/c1-7-9-10-17-28-23(32)22(19-13-11-18(8-2)12-14-19)30(6)24(33)20(15-16-21(27)31)29-25(34)35-26(3,4)5/h11-14,20,22H,7-10,15-17H2,1-6H3,(H2,27,31)(H,28,32)(H,29,34). The highest BCUT2D eigenvalue weighted by atomic mass is 16.6. The second-order valence-corrected chi connectivity index (χ2v) is 9.65. The monoisotopic (exact) mass is 490 g/mol. The Balaban J connectivity index is 3.20. The van der Waals surface area contributed by atoms with Crippen molar-refractivity contribution in [1.29, 1.82) is 0 Å². The average Bonchev–Trinajstić information content (AvgIpc) is 2.78. The topological polar surface area (TPSA) is 131 Å². The Kier molecular flexibility index (Phi) is 12.3. The van der Waals surface area contributed by atoms with Gasteiger partial charge in [0.05, 0.1) is 0 Å². The van der Waals surface area contributed by atoms with Crippen LogP contribution >= 0.6 is 0 Å². The molecule has 0 bridgehead atoms. The fraction of sp³-hybridized carbons (Fsp3) is 0.615. The van der Waals surface area contributed by atoms with Gasteiger partial charge in [-0.25, -0.2) is 4.79 Å². The molecule has 196 valence electrons. The summed E-state index contributed by atoms with van der Waals surface area (Å²) >= 11 is 0. The van der Waals surface area contributed by atoms with Crippen molar-refractivity contribution in [2.45, 2.75) is 90.8 Å². The Morgan fingerprint density at radius 2 is 1.69 bits per heavy atom. The van der Waals surface area contributed by atoms with Gasteiger partial charge in [0.15, 0.2) is 0 Å². The van der Waals surface area contributed by atoms with Crippen molar-refractivity contribution in [3.63, 3.8) is 0 Å². The number of nitrogens with zero attached hydrogens (tertiary/aromatic N) is 1. The van der Waals surface area contributed by atoms with Gasteiger partial charge in [-0.15, -0.1) is 0 Å². The molecule has 0 aliphatic heterocycles. The summed E-state index contributed by atoms with van der Waals surface area (Å²) < 4.78 is 5.28. The fourth-order valence-electron chi connectivity index (χ4n) is 3.54. The van der Waals surface area contributed by atoms with Crippen LogP contribution in [0.5, 0.6) is 0 Å². The molecule has 0 aromatic heterocycles. The summed E-state index contributed by atoms with van der Waals surface area (Å²) in [6.07, 6.45) is 2.77. The number of primary amides is 1. The molecular formula is C26H42N4O5. The second kappa shape index (κ2) is 14.3. The number of alkyl carbamates (subject to hydrolysis) is 1. The number of aryl methyl sites for hydroxylation is 1. The first-order valence-corrected chi connectivity index (χ1v) is 12.3. The number of ether oxygens (including phenoxy) is 1. The molecule has 0 fully saturated rings. The first-order chi connectivity index (χ1) is 16.4. The lowest BCUT2D eigenvalue weighted by Crippen LogP contribution is -2.52. The van der Waals surface area contributed by atoms with Crippen molar-refractivity contribution in [1.82, 2.24) is 15.5 Å². The maximum Gasteiger partial charge on any atom is 0.408 e. The molecule has 4 amide bonds. The van der Waals surface area contributed by atoms with Gasteiger partial charge in [0, 0.05) is 20.0 Å². The number of likely N-dealkylation sites (N-methyl/N-ethyl adjacent to an activating group) is 1. The maximum absolute atomic E-state index is 13.5. The zero-order chi connectivity index (χ0) is 26.6. The van der Waals surface area contributed by atoms with Crippen molar-refractivity contribution in [3.8, 4) is 0 Å². The van der Waals surface area contributed by atoms with Crippen LogP contribution in [0.4, 0.5) is 4.79 Å². The summed E-state index contributed by atoms with van der Waals surface area (Å²) in [4.78, 5) is 51.8. The third-order valence-corrected chi connectivity index (χ3v) is 5.44. The van der Waals surface area contributed by atoms with Crippen molar-refractivity contribution in [2.24, 2.45) is 5.73 Å². The van der Waals surface area contributed by atoms with Crippen molar-refractivity contribution in [2.75, 3.05) is 13.6 Å². The van der Waals surface area contributed by atoms with Crippen LogP contribution in [0.1, 0.15) is 83.9 Å². The first-order valence-electron chi connectivity index (χ1n) is 12.3. The highest BCUT2D eigenvalue weighted by molar-refractivity contribution is 5.92. The summed E-state index contributed by atoms with van der Waals surface area (Å²) in [5.74, 6) is -1.44. The Labute approximate surface area is 209 Å². The molecule has 0 radical (unpaired) electrons. The lowest BCUT2D eigenvalue weighted by Gasteiger charge is -2.31. The predicted molar refractivity (Wildman–Crippen MR) is 135 cm³/mol. The third-order valence-electron chi connectivity index (χ3n) is 5.44. The van der Waals surface area contributed by atoms with Gasteiger partial charge < -0.3 is 26.0 Å². The molecule has 1 rings (SSSR count). The molecule has 9 heteroatoms. The number of hydrogen-bond acceptors (Lipinski definition) is 5. The molecule has 4 N–H and O–H groups in total. The minimum Gasteiger partial charge on any atom is -0.444 e. The van der Waals surface area contributed by atoms with Gasteiger partial charge in [0.25, 0.3) is 0 Å². The van der Waals surface area contributed by atoms with E-state index in [9.17, 15) is 19.2 Å².